The molecule has 0 amide bonds. The molecule has 0 atom stereocenters. The smallest absolute Gasteiger partial charge is 0.225 e. The molecule has 0 aliphatic carbocycles. The van der Waals surface area contributed by atoms with Gasteiger partial charge in [-0.3, -0.25) is 4.79 Å². The Kier molecular flexibility index (Phi) is 3.54. The molecule has 0 N–H and O–H groups in total. The summed E-state index contributed by atoms with van der Waals surface area (Å²) in [5, 5.41) is 0. The van der Waals surface area contributed by atoms with Crippen LogP contribution >= 0.6 is 45.8 Å². The van der Waals surface area contributed by atoms with Crippen molar-refractivity contribution in [2.24, 2.45) is 0 Å². The summed E-state index contributed by atoms with van der Waals surface area (Å²) in [6.07, 6.45) is 0. The molecule has 0 saturated heterocycles. The van der Waals surface area contributed by atoms with E-state index in [9.17, 15) is 4.79 Å². The van der Waals surface area contributed by atoms with Gasteiger partial charge in [0.15, 0.2) is 4.84 Å². The minimum Gasteiger partial charge on any atom is -0.285 e. The van der Waals surface area contributed by atoms with Crippen LogP contribution in [0.5, 0.6) is 0 Å². The lowest BCUT2D eigenvalue weighted by Crippen LogP contribution is -1.94. The van der Waals surface area contributed by atoms with Gasteiger partial charge in [0, 0.05) is 22.6 Å². The molecule has 0 aromatic carbocycles. The predicted molar refractivity (Wildman–Crippen MR) is 34.5 cm³/mol. The van der Waals surface area contributed by atoms with E-state index in [1.807, 2.05) is 0 Å². The molecule has 0 aromatic heterocycles. The maximum atomic E-state index is 9.87. The Balaban J connectivity index is 3.26. The first-order chi connectivity index (χ1) is 2.64. The Morgan fingerprint density at radius 1 is 1.67 bits per heavy atom. The van der Waals surface area contributed by atoms with Gasteiger partial charge in [-0.25, -0.2) is 0 Å². The number of carbonyl (C=O) groups excluding carboxylic acids is 1. The summed E-state index contributed by atoms with van der Waals surface area (Å²) in [5.41, 5.74) is 0. The maximum Gasteiger partial charge on any atom is 0.225 e. The minimum absolute atomic E-state index is 0.240. The van der Waals surface area contributed by atoms with Crippen LogP contribution in [-0.2, 0) is 4.79 Å². The fourth-order valence-corrected chi connectivity index (χ4v) is 0. The summed E-state index contributed by atoms with van der Waals surface area (Å²) in [4.78, 5) is 9.01. The number of hydrogen-bond donors (Lipinski definition) is 0. The summed E-state index contributed by atoms with van der Waals surface area (Å²) in [6, 6.07) is 0. The van der Waals surface area contributed by atoms with Gasteiger partial charge in [0.1, 0.15) is 0 Å². The molecule has 4 heteroatoms. The van der Waals surface area contributed by atoms with E-state index in [1.54, 1.807) is 0 Å². The topological polar surface area (TPSA) is 17.1 Å². The number of rotatable bonds is 1. The largest absolute Gasteiger partial charge is 0.285 e. The Labute approximate surface area is 59.1 Å². The van der Waals surface area contributed by atoms with Crippen LogP contribution in [0, 0.1) is 0 Å². The van der Waals surface area contributed by atoms with Gasteiger partial charge >= 0.3 is 0 Å². The van der Waals surface area contributed by atoms with E-state index in [0.717, 1.165) is 0 Å². The highest BCUT2D eigenvalue weighted by Crippen LogP contribution is 2.06. The quantitative estimate of drug-likeness (QED) is 0.387. The van der Waals surface area contributed by atoms with Gasteiger partial charge in [-0.05, 0) is 0 Å². The van der Waals surface area contributed by atoms with Gasteiger partial charge in [0.2, 0.25) is 3.79 Å². The van der Waals surface area contributed by atoms with Crippen LogP contribution in [0.15, 0.2) is 0 Å². The highest BCUT2D eigenvalue weighted by molar-refractivity contribution is 14.1. The zero-order valence-corrected chi connectivity index (χ0v) is 6.29. The number of alkyl halides is 2. The first kappa shape index (κ1) is 6.98. The van der Waals surface area contributed by atoms with Crippen LogP contribution in [0.4, 0.5) is 0 Å². The van der Waals surface area contributed by atoms with Gasteiger partial charge in [-0.15, -0.1) is 0 Å². The Morgan fingerprint density at radius 2 is 1.83 bits per heavy atom. The zero-order valence-electron chi connectivity index (χ0n) is 2.62. The van der Waals surface area contributed by atoms with E-state index in [4.69, 9.17) is 23.2 Å². The molecule has 1 nitrogen and oxygen atoms in total. The minimum atomic E-state index is -0.856. The molecule has 0 rings (SSSR count). The lowest BCUT2D eigenvalue weighted by molar-refractivity contribution is -0.108. The Morgan fingerprint density at radius 3 is 1.83 bits per heavy atom. The van der Waals surface area contributed by atoms with Crippen molar-refractivity contribution in [1.29, 1.82) is 0 Å². The van der Waals surface area contributed by atoms with E-state index in [-0.39, 0.29) is 3.79 Å². The molecule has 0 fully saturated rings. The third-order valence-corrected chi connectivity index (χ3v) is 1.93. The SMILES string of the molecule is O=C(I)C(Cl)Cl. The van der Waals surface area contributed by atoms with E-state index >= 15 is 0 Å². The van der Waals surface area contributed by atoms with Crippen molar-refractivity contribution in [2.75, 3.05) is 0 Å². The molecule has 6 heavy (non-hydrogen) atoms. The Bertz CT molecular complexity index is 62.6. The third-order valence-electron chi connectivity index (χ3n) is 0.172. The summed E-state index contributed by atoms with van der Waals surface area (Å²) in [5.74, 6) is 0. The zero-order chi connectivity index (χ0) is 5.15. The normalized spacial score (nSPS) is 9.33. The fraction of sp³-hybridized carbons (Fsp3) is 0.500. The lowest BCUT2D eigenvalue weighted by atomic mass is 10.9. The summed E-state index contributed by atoms with van der Waals surface area (Å²) >= 11 is 11.6. The van der Waals surface area contributed by atoms with Crippen molar-refractivity contribution in [3.63, 3.8) is 0 Å². The molecular formula is C2HCl2IO. The number of halogens is 3. The van der Waals surface area contributed by atoms with Crippen LogP contribution < -0.4 is 0 Å². The summed E-state index contributed by atoms with van der Waals surface area (Å²) < 4.78 is -0.240. The maximum absolute atomic E-state index is 9.87. The molecule has 0 saturated carbocycles. The number of carbonyl (C=O) groups is 1. The summed E-state index contributed by atoms with van der Waals surface area (Å²) in [7, 11) is 0. The van der Waals surface area contributed by atoms with E-state index in [0.29, 0.717) is 0 Å². The van der Waals surface area contributed by atoms with Gasteiger partial charge in [-0.1, -0.05) is 23.2 Å². The van der Waals surface area contributed by atoms with Crippen molar-refractivity contribution >= 4 is 49.6 Å². The molecule has 36 valence electrons. The van der Waals surface area contributed by atoms with Gasteiger partial charge in [0.05, 0.1) is 0 Å². The highest BCUT2D eigenvalue weighted by atomic mass is 127. The second kappa shape index (κ2) is 3.04. The van der Waals surface area contributed by atoms with Crippen LogP contribution in [0.25, 0.3) is 0 Å². The second-order valence-electron chi connectivity index (χ2n) is 0.605. The monoisotopic (exact) mass is 238 g/mol. The van der Waals surface area contributed by atoms with Crippen LogP contribution in [0.2, 0.25) is 0 Å². The predicted octanol–water partition coefficient (Wildman–Crippen LogP) is 1.75. The molecule has 0 spiro atoms. The second-order valence-corrected chi connectivity index (χ2v) is 2.76. The van der Waals surface area contributed by atoms with Gasteiger partial charge in [0.25, 0.3) is 0 Å². The number of hydrogen-bond acceptors (Lipinski definition) is 1. The van der Waals surface area contributed by atoms with E-state index in [2.05, 4.69) is 0 Å². The first-order valence-corrected chi connectivity index (χ1v) is 3.07. The van der Waals surface area contributed by atoms with Crippen LogP contribution in [0.3, 0.4) is 0 Å². The molecular weight excluding hydrogens is 238 g/mol. The van der Waals surface area contributed by atoms with Crippen molar-refractivity contribution in [2.45, 2.75) is 4.84 Å². The van der Waals surface area contributed by atoms with Gasteiger partial charge in [-0.2, -0.15) is 0 Å². The molecule has 0 aromatic rings. The molecule has 0 unspecified atom stereocenters. The summed E-state index contributed by atoms with van der Waals surface area (Å²) in [6.45, 7) is 0. The first-order valence-electron chi connectivity index (χ1n) is 1.12. The van der Waals surface area contributed by atoms with Crippen LogP contribution in [0.1, 0.15) is 0 Å². The molecule has 0 radical (unpaired) electrons. The van der Waals surface area contributed by atoms with Crippen molar-refractivity contribution in [3.8, 4) is 0 Å². The highest BCUT2D eigenvalue weighted by Gasteiger charge is 2.03. The van der Waals surface area contributed by atoms with Crippen molar-refractivity contribution in [1.82, 2.24) is 0 Å². The average molecular weight is 239 g/mol. The molecule has 0 heterocycles. The fourth-order valence-electron chi connectivity index (χ4n) is 0. The molecule has 0 aliphatic rings. The standard InChI is InChI=1S/C2HCl2IO/c3-1(4)2(5)6/h1H. The van der Waals surface area contributed by atoms with Crippen molar-refractivity contribution in [3.05, 3.63) is 0 Å². The molecule has 0 bridgehead atoms. The lowest BCUT2D eigenvalue weighted by Gasteiger charge is -1.83. The van der Waals surface area contributed by atoms with E-state index < -0.39 is 4.84 Å². The van der Waals surface area contributed by atoms with Gasteiger partial charge < -0.3 is 0 Å². The molecule has 0 aliphatic heterocycles. The van der Waals surface area contributed by atoms with E-state index in [1.165, 1.54) is 22.6 Å². The third kappa shape index (κ3) is 3.18. The van der Waals surface area contributed by atoms with Crippen LogP contribution in [-0.4, -0.2) is 8.63 Å². The average Bonchev–Trinajstić information content (AvgIpc) is 1.36. The van der Waals surface area contributed by atoms with Crippen molar-refractivity contribution < 1.29 is 4.79 Å². The Hall–Kier alpha value is 0.980.